The summed E-state index contributed by atoms with van der Waals surface area (Å²) >= 11 is 3.25. The number of nitrogens with one attached hydrogen (secondary N) is 2. The molecular formula is C13H17BrN2O4. The Morgan fingerprint density at radius 1 is 1.30 bits per heavy atom. The molecule has 20 heavy (non-hydrogen) atoms. The Bertz CT molecular complexity index is 491. The minimum atomic E-state index is -1.37. The molecule has 0 spiro atoms. The van der Waals surface area contributed by atoms with Crippen molar-refractivity contribution in [2.75, 3.05) is 19.7 Å². The first-order valence-corrected chi connectivity index (χ1v) is 6.78. The van der Waals surface area contributed by atoms with E-state index in [0.29, 0.717) is 10.0 Å². The number of aliphatic hydroxyl groups excluding tert-OH is 1. The van der Waals surface area contributed by atoms with Gasteiger partial charge in [0.05, 0.1) is 18.7 Å². The lowest BCUT2D eigenvalue weighted by Gasteiger charge is -2.20. The van der Waals surface area contributed by atoms with Gasteiger partial charge < -0.3 is 20.8 Å². The third kappa shape index (κ3) is 5.28. The predicted octanol–water partition coefficient (Wildman–Crippen LogP) is 0.0384. The Morgan fingerprint density at radius 2 is 1.95 bits per heavy atom. The molecule has 0 heterocycles. The van der Waals surface area contributed by atoms with Gasteiger partial charge in [-0.05, 0) is 35.0 Å². The summed E-state index contributed by atoms with van der Waals surface area (Å²) in [6.45, 7) is 0.637. The number of hydrogen-bond acceptors (Lipinski definition) is 4. The summed E-state index contributed by atoms with van der Waals surface area (Å²) in [4.78, 5) is 23.3. The Balaban J connectivity index is 2.42. The van der Waals surface area contributed by atoms with Crippen molar-refractivity contribution < 1.29 is 19.8 Å². The first kappa shape index (κ1) is 16.6. The van der Waals surface area contributed by atoms with E-state index in [2.05, 4.69) is 26.6 Å². The van der Waals surface area contributed by atoms with Gasteiger partial charge in [-0.25, -0.2) is 0 Å². The summed E-state index contributed by atoms with van der Waals surface area (Å²) in [6, 6.07) is 6.87. The molecule has 0 aromatic heterocycles. The van der Waals surface area contributed by atoms with E-state index in [4.69, 9.17) is 5.11 Å². The minimum absolute atomic E-state index is 0.0900. The van der Waals surface area contributed by atoms with Crippen LogP contribution in [0.15, 0.2) is 28.7 Å². The van der Waals surface area contributed by atoms with Crippen LogP contribution in [0.2, 0.25) is 0 Å². The van der Waals surface area contributed by atoms with Crippen molar-refractivity contribution in [1.82, 2.24) is 10.6 Å². The Morgan fingerprint density at radius 3 is 2.55 bits per heavy atom. The first-order chi connectivity index (χ1) is 9.35. The van der Waals surface area contributed by atoms with Crippen molar-refractivity contribution in [2.45, 2.75) is 12.5 Å². The summed E-state index contributed by atoms with van der Waals surface area (Å²) in [5.41, 5.74) is -0.940. The van der Waals surface area contributed by atoms with Crippen molar-refractivity contribution in [1.29, 1.82) is 0 Å². The molecule has 0 fully saturated rings. The van der Waals surface area contributed by atoms with Gasteiger partial charge in [0.15, 0.2) is 0 Å². The lowest BCUT2D eigenvalue weighted by molar-refractivity contribution is -0.121. The maximum atomic E-state index is 11.8. The van der Waals surface area contributed by atoms with Crippen LogP contribution >= 0.6 is 15.9 Å². The first-order valence-electron chi connectivity index (χ1n) is 5.98. The van der Waals surface area contributed by atoms with Gasteiger partial charge in [0, 0.05) is 11.0 Å². The quantitative estimate of drug-likeness (QED) is 0.585. The Hall–Kier alpha value is -1.44. The SMILES string of the molecule is CC(O)(CO)CNC(=O)CNC(=O)c1ccccc1Br. The van der Waals surface area contributed by atoms with Crippen LogP contribution in [-0.2, 0) is 4.79 Å². The second-order valence-electron chi connectivity index (χ2n) is 4.59. The van der Waals surface area contributed by atoms with Crippen LogP contribution in [0.3, 0.4) is 0 Å². The van der Waals surface area contributed by atoms with Crippen LogP contribution in [0.1, 0.15) is 17.3 Å². The van der Waals surface area contributed by atoms with Gasteiger partial charge in [0.25, 0.3) is 5.91 Å². The molecule has 0 saturated heterocycles. The molecular weight excluding hydrogens is 328 g/mol. The smallest absolute Gasteiger partial charge is 0.252 e. The zero-order chi connectivity index (χ0) is 15.2. The molecule has 1 atom stereocenters. The van der Waals surface area contributed by atoms with Gasteiger partial charge in [-0.15, -0.1) is 0 Å². The standard InChI is InChI=1S/C13H17BrN2O4/c1-13(20,8-17)7-16-11(18)6-15-12(19)9-4-2-3-5-10(9)14/h2-5,17,20H,6-8H2,1H3,(H,15,19)(H,16,18). The zero-order valence-electron chi connectivity index (χ0n) is 11.0. The average molecular weight is 345 g/mol. The van der Waals surface area contributed by atoms with Gasteiger partial charge in [0.2, 0.25) is 5.91 Å². The van der Waals surface area contributed by atoms with Crippen LogP contribution in [0.4, 0.5) is 0 Å². The third-order valence-corrected chi connectivity index (χ3v) is 3.23. The van der Waals surface area contributed by atoms with Crippen LogP contribution in [0.5, 0.6) is 0 Å². The fourth-order valence-electron chi connectivity index (χ4n) is 1.31. The lowest BCUT2D eigenvalue weighted by Crippen LogP contribution is -2.46. The Labute approximate surface area is 125 Å². The molecule has 6 nitrogen and oxygen atoms in total. The minimum Gasteiger partial charge on any atom is -0.393 e. The van der Waals surface area contributed by atoms with Crippen molar-refractivity contribution in [3.63, 3.8) is 0 Å². The molecule has 0 aliphatic carbocycles. The zero-order valence-corrected chi connectivity index (χ0v) is 12.6. The highest BCUT2D eigenvalue weighted by Gasteiger charge is 2.20. The summed E-state index contributed by atoms with van der Waals surface area (Å²) in [5.74, 6) is -0.819. The molecule has 2 amide bonds. The molecule has 1 aromatic carbocycles. The molecule has 0 bridgehead atoms. The van der Waals surface area contributed by atoms with E-state index in [9.17, 15) is 14.7 Å². The van der Waals surface area contributed by atoms with Crippen molar-refractivity contribution in [2.24, 2.45) is 0 Å². The van der Waals surface area contributed by atoms with E-state index in [-0.39, 0.29) is 19.0 Å². The maximum Gasteiger partial charge on any atom is 0.252 e. The fraction of sp³-hybridized carbons (Fsp3) is 0.385. The molecule has 0 radical (unpaired) electrons. The lowest BCUT2D eigenvalue weighted by atomic mass is 10.1. The molecule has 0 saturated carbocycles. The summed E-state index contributed by atoms with van der Waals surface area (Å²) in [5, 5.41) is 23.2. The van der Waals surface area contributed by atoms with Gasteiger partial charge >= 0.3 is 0 Å². The van der Waals surface area contributed by atoms with Crippen molar-refractivity contribution in [3.05, 3.63) is 34.3 Å². The van der Waals surface area contributed by atoms with E-state index in [1.807, 2.05) is 0 Å². The second-order valence-corrected chi connectivity index (χ2v) is 5.45. The van der Waals surface area contributed by atoms with Gasteiger partial charge in [-0.3, -0.25) is 9.59 Å². The third-order valence-electron chi connectivity index (χ3n) is 2.54. The molecule has 110 valence electrons. The van der Waals surface area contributed by atoms with Crippen LogP contribution in [-0.4, -0.2) is 47.3 Å². The number of rotatable bonds is 6. The Kier molecular flexibility index (Phi) is 6.12. The fourth-order valence-corrected chi connectivity index (χ4v) is 1.77. The highest BCUT2D eigenvalue weighted by molar-refractivity contribution is 9.10. The van der Waals surface area contributed by atoms with Crippen molar-refractivity contribution in [3.8, 4) is 0 Å². The van der Waals surface area contributed by atoms with E-state index in [1.54, 1.807) is 24.3 Å². The van der Waals surface area contributed by atoms with E-state index in [1.165, 1.54) is 6.92 Å². The summed E-state index contributed by atoms with van der Waals surface area (Å²) in [7, 11) is 0. The molecule has 1 rings (SSSR count). The largest absolute Gasteiger partial charge is 0.393 e. The predicted molar refractivity (Wildman–Crippen MR) is 77.2 cm³/mol. The molecule has 0 aliphatic heterocycles. The molecule has 1 unspecified atom stereocenters. The maximum absolute atomic E-state index is 11.8. The summed E-state index contributed by atoms with van der Waals surface area (Å²) in [6.07, 6.45) is 0. The van der Waals surface area contributed by atoms with Crippen LogP contribution in [0, 0.1) is 0 Å². The number of halogens is 1. The highest BCUT2D eigenvalue weighted by atomic mass is 79.9. The van der Waals surface area contributed by atoms with E-state index < -0.39 is 18.1 Å². The molecule has 4 N–H and O–H groups in total. The van der Waals surface area contributed by atoms with Gasteiger partial charge in [-0.2, -0.15) is 0 Å². The highest BCUT2D eigenvalue weighted by Crippen LogP contribution is 2.15. The number of aliphatic hydroxyl groups is 2. The van der Waals surface area contributed by atoms with E-state index in [0.717, 1.165) is 0 Å². The number of amides is 2. The number of benzene rings is 1. The number of carbonyl (C=O) groups is 2. The van der Waals surface area contributed by atoms with Crippen LogP contribution < -0.4 is 10.6 Å². The van der Waals surface area contributed by atoms with E-state index >= 15 is 0 Å². The number of hydrogen-bond donors (Lipinski definition) is 4. The van der Waals surface area contributed by atoms with Gasteiger partial charge in [0.1, 0.15) is 5.60 Å². The van der Waals surface area contributed by atoms with Crippen LogP contribution in [0.25, 0.3) is 0 Å². The van der Waals surface area contributed by atoms with Crippen molar-refractivity contribution >= 4 is 27.7 Å². The topological polar surface area (TPSA) is 98.7 Å². The number of carbonyl (C=O) groups excluding carboxylic acids is 2. The second kappa shape index (κ2) is 7.37. The van der Waals surface area contributed by atoms with Gasteiger partial charge in [-0.1, -0.05) is 12.1 Å². The normalized spacial score (nSPS) is 13.4. The molecule has 0 aliphatic rings. The molecule has 1 aromatic rings. The molecule has 7 heteroatoms. The average Bonchev–Trinajstić information content (AvgIpc) is 2.43. The monoisotopic (exact) mass is 344 g/mol. The summed E-state index contributed by atoms with van der Waals surface area (Å²) < 4.78 is 0.640.